The van der Waals surface area contributed by atoms with E-state index in [-0.39, 0.29) is 5.56 Å². The van der Waals surface area contributed by atoms with Crippen molar-refractivity contribution in [1.82, 2.24) is 9.97 Å². The first kappa shape index (κ1) is 10.5. The maximum Gasteiger partial charge on any atom is 0.338 e. The molecule has 0 amide bonds. The zero-order valence-electron chi connectivity index (χ0n) is 8.82. The number of aromatic nitrogens is 2. The maximum atomic E-state index is 13.6. The molecule has 0 aliphatic rings. The zero-order chi connectivity index (χ0) is 11.7. The minimum Gasteiger partial charge on any atom is -0.465 e. The largest absolute Gasteiger partial charge is 0.465 e. The van der Waals surface area contributed by atoms with E-state index < -0.39 is 11.8 Å². The Morgan fingerprint density at radius 1 is 1.44 bits per heavy atom. The van der Waals surface area contributed by atoms with E-state index in [1.54, 1.807) is 6.92 Å². The summed E-state index contributed by atoms with van der Waals surface area (Å²) in [5.74, 6) is -0.594. The van der Waals surface area contributed by atoms with Gasteiger partial charge in [0.05, 0.1) is 23.6 Å². The Bertz CT molecular complexity index is 569. The molecule has 1 aromatic carbocycles. The molecule has 0 radical (unpaired) electrons. The van der Waals surface area contributed by atoms with Crippen LogP contribution in [0.25, 0.3) is 10.9 Å². The minimum absolute atomic E-state index is 0.144. The molecule has 0 fully saturated rings. The second-order valence-electron chi connectivity index (χ2n) is 3.30. The number of carbonyl (C=O) groups is 1. The Kier molecular flexibility index (Phi) is 2.52. The van der Waals surface area contributed by atoms with E-state index >= 15 is 0 Å². The average Bonchev–Trinajstić information content (AvgIpc) is 2.27. The standard InChI is InChI=1S/C11H9FN2O2/c1-6-13-5-8-9(12)3-7(11(15)16-2)4-10(8)14-6/h3-5H,1-2H3. The van der Waals surface area contributed by atoms with Crippen LogP contribution in [-0.4, -0.2) is 23.0 Å². The number of halogens is 1. The summed E-state index contributed by atoms with van der Waals surface area (Å²) < 4.78 is 18.1. The van der Waals surface area contributed by atoms with Gasteiger partial charge in [-0.25, -0.2) is 19.2 Å². The number of carbonyl (C=O) groups excluding carboxylic acids is 1. The molecule has 0 aliphatic heterocycles. The highest BCUT2D eigenvalue weighted by Gasteiger charge is 2.11. The summed E-state index contributed by atoms with van der Waals surface area (Å²) in [4.78, 5) is 19.2. The molecule has 0 N–H and O–H groups in total. The Labute approximate surface area is 91.1 Å². The van der Waals surface area contributed by atoms with Crippen molar-refractivity contribution in [1.29, 1.82) is 0 Å². The summed E-state index contributed by atoms with van der Waals surface area (Å²) in [6.07, 6.45) is 1.40. The molecule has 16 heavy (non-hydrogen) atoms. The van der Waals surface area contributed by atoms with Crippen molar-refractivity contribution in [2.24, 2.45) is 0 Å². The fourth-order valence-electron chi connectivity index (χ4n) is 1.42. The minimum atomic E-state index is -0.586. The molecule has 0 spiro atoms. The van der Waals surface area contributed by atoms with Crippen LogP contribution in [0, 0.1) is 12.7 Å². The van der Waals surface area contributed by atoms with Gasteiger partial charge in [0.25, 0.3) is 0 Å². The molecule has 1 heterocycles. The van der Waals surface area contributed by atoms with Crippen LogP contribution in [0.5, 0.6) is 0 Å². The summed E-state index contributed by atoms with van der Waals surface area (Å²) in [6, 6.07) is 2.60. The van der Waals surface area contributed by atoms with E-state index in [0.29, 0.717) is 16.7 Å². The van der Waals surface area contributed by atoms with Gasteiger partial charge in [-0.15, -0.1) is 0 Å². The highest BCUT2D eigenvalue weighted by molar-refractivity contribution is 5.94. The number of methoxy groups -OCH3 is 1. The lowest BCUT2D eigenvalue weighted by Crippen LogP contribution is -2.03. The van der Waals surface area contributed by atoms with Crippen LogP contribution in [0.1, 0.15) is 16.2 Å². The summed E-state index contributed by atoms with van der Waals surface area (Å²) in [5.41, 5.74) is 0.540. The number of esters is 1. The second-order valence-corrected chi connectivity index (χ2v) is 3.30. The van der Waals surface area contributed by atoms with Crippen molar-refractivity contribution >= 4 is 16.9 Å². The lowest BCUT2D eigenvalue weighted by molar-refractivity contribution is 0.0600. The van der Waals surface area contributed by atoms with Gasteiger partial charge in [-0.3, -0.25) is 0 Å². The molecule has 0 saturated carbocycles. The average molecular weight is 220 g/mol. The number of rotatable bonds is 1. The Morgan fingerprint density at radius 2 is 2.19 bits per heavy atom. The SMILES string of the molecule is COC(=O)c1cc(F)c2cnc(C)nc2c1. The first-order valence-electron chi connectivity index (χ1n) is 4.63. The van der Waals surface area contributed by atoms with Crippen molar-refractivity contribution < 1.29 is 13.9 Å². The highest BCUT2D eigenvalue weighted by Crippen LogP contribution is 2.18. The van der Waals surface area contributed by atoms with Crippen molar-refractivity contribution in [2.45, 2.75) is 6.92 Å². The molecular weight excluding hydrogens is 211 g/mol. The molecule has 0 unspecified atom stereocenters. The van der Waals surface area contributed by atoms with Crippen LogP contribution in [0.4, 0.5) is 4.39 Å². The second kappa shape index (κ2) is 3.84. The number of nitrogens with zero attached hydrogens (tertiary/aromatic N) is 2. The van der Waals surface area contributed by atoms with Gasteiger partial charge in [-0.1, -0.05) is 0 Å². The van der Waals surface area contributed by atoms with E-state index in [1.165, 1.54) is 19.4 Å². The third-order valence-electron chi connectivity index (χ3n) is 2.19. The molecular formula is C11H9FN2O2. The van der Waals surface area contributed by atoms with Gasteiger partial charge < -0.3 is 4.74 Å². The maximum absolute atomic E-state index is 13.6. The van der Waals surface area contributed by atoms with Crippen molar-refractivity contribution in [3.05, 3.63) is 35.5 Å². The fourth-order valence-corrected chi connectivity index (χ4v) is 1.42. The number of aryl methyl sites for hydroxylation is 1. The molecule has 1 aromatic heterocycles. The number of benzene rings is 1. The van der Waals surface area contributed by atoms with Crippen LogP contribution in [0.2, 0.25) is 0 Å². The normalized spacial score (nSPS) is 10.4. The number of hydrogen-bond acceptors (Lipinski definition) is 4. The van der Waals surface area contributed by atoms with Crippen LogP contribution in [0.15, 0.2) is 18.3 Å². The highest BCUT2D eigenvalue weighted by atomic mass is 19.1. The third kappa shape index (κ3) is 1.71. The molecule has 0 saturated heterocycles. The van der Waals surface area contributed by atoms with Crippen LogP contribution < -0.4 is 0 Å². The van der Waals surface area contributed by atoms with Crippen LogP contribution in [0.3, 0.4) is 0 Å². The smallest absolute Gasteiger partial charge is 0.338 e. The molecule has 4 nitrogen and oxygen atoms in total. The topological polar surface area (TPSA) is 52.1 Å². The molecule has 2 rings (SSSR count). The number of ether oxygens (including phenoxy) is 1. The van der Waals surface area contributed by atoms with E-state index in [2.05, 4.69) is 14.7 Å². The Hall–Kier alpha value is -2.04. The van der Waals surface area contributed by atoms with Crippen molar-refractivity contribution in [2.75, 3.05) is 7.11 Å². The van der Waals surface area contributed by atoms with E-state index in [0.717, 1.165) is 6.07 Å². The predicted octanol–water partition coefficient (Wildman–Crippen LogP) is 1.86. The van der Waals surface area contributed by atoms with Gasteiger partial charge >= 0.3 is 5.97 Å². The first-order chi connectivity index (χ1) is 7.61. The third-order valence-corrected chi connectivity index (χ3v) is 2.19. The van der Waals surface area contributed by atoms with Crippen LogP contribution in [-0.2, 0) is 4.74 Å². The number of fused-ring (bicyclic) bond motifs is 1. The quantitative estimate of drug-likeness (QED) is 0.688. The lowest BCUT2D eigenvalue weighted by atomic mass is 10.1. The Balaban J connectivity index is 2.69. The van der Waals surface area contributed by atoms with E-state index in [4.69, 9.17) is 0 Å². The molecule has 0 bridgehead atoms. The number of hydrogen-bond donors (Lipinski definition) is 0. The monoisotopic (exact) mass is 220 g/mol. The molecule has 82 valence electrons. The molecule has 0 aliphatic carbocycles. The summed E-state index contributed by atoms with van der Waals surface area (Å²) in [6.45, 7) is 1.70. The van der Waals surface area contributed by atoms with Gasteiger partial charge in [-0.05, 0) is 19.1 Å². The zero-order valence-corrected chi connectivity index (χ0v) is 8.82. The molecule has 5 heteroatoms. The summed E-state index contributed by atoms with van der Waals surface area (Å²) in [5, 5.41) is 0.290. The first-order valence-corrected chi connectivity index (χ1v) is 4.63. The van der Waals surface area contributed by atoms with Gasteiger partial charge in [-0.2, -0.15) is 0 Å². The molecule has 2 aromatic rings. The summed E-state index contributed by atoms with van der Waals surface area (Å²) in [7, 11) is 1.25. The van der Waals surface area contributed by atoms with E-state index in [9.17, 15) is 9.18 Å². The fraction of sp³-hybridized carbons (Fsp3) is 0.182. The van der Waals surface area contributed by atoms with Gasteiger partial charge in [0.1, 0.15) is 11.6 Å². The molecule has 0 atom stereocenters. The Morgan fingerprint density at radius 3 is 2.88 bits per heavy atom. The van der Waals surface area contributed by atoms with Gasteiger partial charge in [0, 0.05) is 6.20 Å². The van der Waals surface area contributed by atoms with Gasteiger partial charge in [0.2, 0.25) is 0 Å². The van der Waals surface area contributed by atoms with Crippen LogP contribution >= 0.6 is 0 Å². The lowest BCUT2D eigenvalue weighted by Gasteiger charge is -2.03. The van der Waals surface area contributed by atoms with Crippen molar-refractivity contribution in [3.63, 3.8) is 0 Å². The van der Waals surface area contributed by atoms with E-state index in [1.807, 2.05) is 0 Å². The van der Waals surface area contributed by atoms with Gasteiger partial charge in [0.15, 0.2) is 0 Å². The summed E-state index contributed by atoms with van der Waals surface area (Å²) >= 11 is 0. The van der Waals surface area contributed by atoms with Crippen molar-refractivity contribution in [3.8, 4) is 0 Å². The predicted molar refractivity (Wildman–Crippen MR) is 55.6 cm³/mol.